The van der Waals surface area contributed by atoms with E-state index in [1.807, 2.05) is 18.5 Å². The van der Waals surface area contributed by atoms with E-state index in [1.165, 1.54) is 7.11 Å². The topological polar surface area (TPSA) is 103 Å². The Bertz CT molecular complexity index is 1300. The van der Waals surface area contributed by atoms with Gasteiger partial charge in [0.25, 0.3) is 11.8 Å². The first-order chi connectivity index (χ1) is 17.4. The van der Waals surface area contributed by atoms with Crippen molar-refractivity contribution in [3.05, 3.63) is 53.3 Å². The van der Waals surface area contributed by atoms with Crippen molar-refractivity contribution >= 4 is 34.5 Å². The molecule has 1 atom stereocenters. The molecule has 0 bridgehead atoms. The molecule has 1 fully saturated rings. The lowest BCUT2D eigenvalue weighted by Crippen LogP contribution is -2.42. The maximum absolute atomic E-state index is 13.5. The molecule has 1 aliphatic heterocycles. The van der Waals surface area contributed by atoms with Crippen LogP contribution < -0.4 is 10.1 Å². The Hall–Kier alpha value is -3.88. The van der Waals surface area contributed by atoms with Gasteiger partial charge in [-0.2, -0.15) is 0 Å². The second-order valence-electron chi connectivity index (χ2n) is 8.83. The van der Waals surface area contributed by atoms with E-state index in [2.05, 4.69) is 5.32 Å². The van der Waals surface area contributed by atoms with Crippen LogP contribution in [0, 0.1) is 5.92 Å². The molecule has 1 aromatic heterocycles. The highest BCUT2D eigenvalue weighted by molar-refractivity contribution is 6.11. The van der Waals surface area contributed by atoms with Gasteiger partial charge in [0.15, 0.2) is 0 Å². The van der Waals surface area contributed by atoms with Gasteiger partial charge < -0.3 is 24.3 Å². The largest absolute Gasteiger partial charge is 0.496 e. The summed E-state index contributed by atoms with van der Waals surface area (Å²) in [6.07, 6.45) is 2.11. The van der Waals surface area contributed by atoms with E-state index < -0.39 is 0 Å². The maximum atomic E-state index is 13.5. The number of rotatable bonds is 7. The summed E-state index contributed by atoms with van der Waals surface area (Å²) in [6, 6.07) is 10.4. The van der Waals surface area contributed by atoms with Crippen LogP contribution in [0.25, 0.3) is 11.0 Å². The number of aryl methyl sites for hydroxylation is 2. The van der Waals surface area contributed by atoms with Crippen LogP contribution in [0.4, 0.5) is 5.69 Å². The normalized spacial score (nSPS) is 15.6. The number of carbonyl (C=O) groups is 3. The first-order valence-electron chi connectivity index (χ1n) is 12.3. The molecular formula is C27H32N4O5. The van der Waals surface area contributed by atoms with Crippen LogP contribution in [0.3, 0.4) is 0 Å². The van der Waals surface area contributed by atoms with Gasteiger partial charge in [0.2, 0.25) is 0 Å². The molecule has 0 saturated carbocycles. The molecule has 9 nitrogen and oxygen atoms in total. The Labute approximate surface area is 210 Å². The molecule has 0 radical (unpaired) electrons. The predicted molar refractivity (Wildman–Crippen MR) is 136 cm³/mol. The van der Waals surface area contributed by atoms with Crippen LogP contribution in [-0.4, -0.2) is 59.0 Å². The number of nitrogens with one attached hydrogen (secondary N) is 1. The first kappa shape index (κ1) is 25.2. The van der Waals surface area contributed by atoms with Crippen molar-refractivity contribution in [1.29, 1.82) is 0 Å². The molecule has 1 saturated heterocycles. The van der Waals surface area contributed by atoms with E-state index in [1.54, 1.807) is 48.2 Å². The van der Waals surface area contributed by atoms with Gasteiger partial charge in [0.1, 0.15) is 11.6 Å². The third-order valence-electron chi connectivity index (χ3n) is 6.55. The summed E-state index contributed by atoms with van der Waals surface area (Å²) < 4.78 is 12.5. The highest BCUT2D eigenvalue weighted by Crippen LogP contribution is 2.30. The van der Waals surface area contributed by atoms with Crippen molar-refractivity contribution in [1.82, 2.24) is 14.5 Å². The minimum Gasteiger partial charge on any atom is -0.496 e. The summed E-state index contributed by atoms with van der Waals surface area (Å²) in [4.78, 5) is 45.4. The lowest BCUT2D eigenvalue weighted by Gasteiger charge is -2.31. The van der Waals surface area contributed by atoms with Crippen LogP contribution >= 0.6 is 0 Å². The Morgan fingerprint density at radius 1 is 1.17 bits per heavy atom. The number of carbonyl (C=O) groups excluding carboxylic acids is 3. The Morgan fingerprint density at radius 3 is 2.67 bits per heavy atom. The molecule has 4 rings (SSSR count). The van der Waals surface area contributed by atoms with Crippen molar-refractivity contribution in [2.45, 2.75) is 33.1 Å². The molecule has 3 aromatic rings. The Kier molecular flexibility index (Phi) is 7.57. The molecule has 2 aromatic carbocycles. The van der Waals surface area contributed by atoms with E-state index in [0.29, 0.717) is 60.6 Å². The molecular weight excluding hydrogens is 460 g/mol. The van der Waals surface area contributed by atoms with Crippen LogP contribution in [-0.2, 0) is 23.0 Å². The molecule has 190 valence electrons. The third kappa shape index (κ3) is 4.91. The molecule has 2 heterocycles. The lowest BCUT2D eigenvalue weighted by molar-refractivity contribution is -0.149. The van der Waals surface area contributed by atoms with Crippen molar-refractivity contribution < 1.29 is 23.9 Å². The summed E-state index contributed by atoms with van der Waals surface area (Å²) >= 11 is 0. The predicted octanol–water partition coefficient (Wildman–Crippen LogP) is 3.81. The summed E-state index contributed by atoms with van der Waals surface area (Å²) in [7, 11) is 3.41. The van der Waals surface area contributed by atoms with Crippen molar-refractivity contribution in [3.63, 3.8) is 0 Å². The molecule has 2 amide bonds. The smallest absolute Gasteiger partial charge is 0.310 e. The zero-order chi connectivity index (χ0) is 25.8. The highest BCUT2D eigenvalue weighted by Gasteiger charge is 2.30. The average Bonchev–Trinajstić information content (AvgIpc) is 3.23. The minimum atomic E-state index is -0.349. The average molecular weight is 493 g/mol. The van der Waals surface area contributed by atoms with Gasteiger partial charge in [-0.3, -0.25) is 14.4 Å². The number of hydrogen-bond donors (Lipinski definition) is 1. The van der Waals surface area contributed by atoms with Crippen molar-refractivity contribution in [2.75, 3.05) is 32.1 Å². The quantitative estimate of drug-likeness (QED) is 0.503. The maximum Gasteiger partial charge on any atom is 0.310 e. The highest BCUT2D eigenvalue weighted by atomic mass is 16.5. The molecule has 1 unspecified atom stereocenters. The van der Waals surface area contributed by atoms with Crippen molar-refractivity contribution in [2.24, 2.45) is 13.0 Å². The van der Waals surface area contributed by atoms with Gasteiger partial charge in [-0.1, -0.05) is 19.1 Å². The Morgan fingerprint density at radius 2 is 1.94 bits per heavy atom. The second kappa shape index (κ2) is 10.8. The minimum absolute atomic E-state index is 0.206. The molecule has 1 N–H and O–H groups in total. The fourth-order valence-electron chi connectivity index (χ4n) is 4.75. The number of nitrogens with zero attached hydrogens (tertiary/aromatic N) is 3. The number of methoxy groups -OCH3 is 1. The number of amides is 2. The van der Waals surface area contributed by atoms with Gasteiger partial charge >= 0.3 is 5.97 Å². The zero-order valence-electron chi connectivity index (χ0n) is 21.2. The van der Waals surface area contributed by atoms with Crippen LogP contribution in [0.1, 0.15) is 53.2 Å². The lowest BCUT2D eigenvalue weighted by atomic mass is 9.97. The van der Waals surface area contributed by atoms with Crippen LogP contribution in [0.5, 0.6) is 5.75 Å². The zero-order valence-corrected chi connectivity index (χ0v) is 21.2. The summed E-state index contributed by atoms with van der Waals surface area (Å²) in [5.41, 5.74) is 2.63. The second-order valence-corrected chi connectivity index (χ2v) is 8.83. The molecule has 0 spiro atoms. The van der Waals surface area contributed by atoms with E-state index in [4.69, 9.17) is 14.5 Å². The van der Waals surface area contributed by atoms with E-state index in [-0.39, 0.29) is 23.7 Å². The van der Waals surface area contributed by atoms with Gasteiger partial charge in [0, 0.05) is 32.1 Å². The van der Waals surface area contributed by atoms with Crippen LogP contribution in [0.15, 0.2) is 36.4 Å². The number of anilines is 1. The summed E-state index contributed by atoms with van der Waals surface area (Å²) in [5, 5.41) is 2.97. The number of piperidine rings is 1. The fourth-order valence-corrected chi connectivity index (χ4v) is 4.75. The SMILES string of the molecule is CCOC(=O)C1CCCN(C(=O)c2cc(NC(=O)c3ccccc3OC)c3c(c2)nc(CC)n3C)C1. The molecule has 9 heteroatoms. The monoisotopic (exact) mass is 492 g/mol. The number of imidazole rings is 1. The van der Waals surface area contributed by atoms with Gasteiger partial charge in [0.05, 0.1) is 41.9 Å². The number of para-hydroxylation sites is 1. The number of ether oxygens (including phenoxy) is 2. The van der Waals surface area contributed by atoms with Gasteiger partial charge in [-0.25, -0.2) is 4.98 Å². The number of hydrogen-bond acceptors (Lipinski definition) is 6. The number of likely N-dealkylation sites (tertiary alicyclic amines) is 1. The molecule has 36 heavy (non-hydrogen) atoms. The van der Waals surface area contributed by atoms with E-state index >= 15 is 0 Å². The first-order valence-corrected chi connectivity index (χ1v) is 12.3. The van der Waals surface area contributed by atoms with Crippen molar-refractivity contribution in [3.8, 4) is 5.75 Å². The Balaban J connectivity index is 1.70. The standard InChI is InChI=1S/C27H32N4O5/c1-5-23-28-20-14-18(26(33)31-13-9-10-17(16-31)27(34)36-6-2)15-21(24(20)30(23)3)29-25(32)19-11-7-8-12-22(19)35-4/h7-8,11-12,14-15,17H,5-6,9-10,13,16H2,1-4H3,(H,29,32). The number of benzene rings is 2. The van der Waals surface area contributed by atoms with Gasteiger partial charge in [-0.15, -0.1) is 0 Å². The molecule has 0 aliphatic carbocycles. The summed E-state index contributed by atoms with van der Waals surface area (Å²) in [5.74, 6) is 0.129. The summed E-state index contributed by atoms with van der Waals surface area (Å²) in [6.45, 7) is 4.95. The van der Waals surface area contributed by atoms with Crippen LogP contribution in [0.2, 0.25) is 0 Å². The van der Waals surface area contributed by atoms with E-state index in [0.717, 1.165) is 17.8 Å². The van der Waals surface area contributed by atoms with Gasteiger partial charge in [-0.05, 0) is 44.0 Å². The third-order valence-corrected chi connectivity index (χ3v) is 6.55. The number of aromatic nitrogens is 2. The number of fused-ring (bicyclic) bond motifs is 1. The number of esters is 1. The van der Waals surface area contributed by atoms with E-state index in [9.17, 15) is 14.4 Å². The molecule has 1 aliphatic rings. The fraction of sp³-hybridized carbons (Fsp3) is 0.407.